The standard InChI is InChI=1S/C28H35N3O5S2/c1-20-16-31(21(2)19-32)27(33)15-23-14-24(29-38(34,35)28-10-7-13-37-28)11-12-25(23)36-26(20)18-30(3)17-22-8-5-4-6-9-22/h4-14,20-21,26,29,32H,15-19H2,1-3H3/t20-,21+,26+/m0/s1. The molecule has 204 valence electrons. The van der Waals surface area contributed by atoms with E-state index in [1.165, 1.54) is 5.56 Å². The number of nitrogens with zero attached hydrogens (tertiary/aromatic N) is 2. The van der Waals surface area contributed by atoms with Gasteiger partial charge in [0.1, 0.15) is 16.1 Å². The van der Waals surface area contributed by atoms with Gasteiger partial charge in [0.05, 0.1) is 19.1 Å². The molecule has 3 atom stereocenters. The smallest absolute Gasteiger partial charge is 0.271 e. The molecule has 0 bridgehead atoms. The van der Waals surface area contributed by atoms with Crippen molar-refractivity contribution in [2.24, 2.45) is 5.92 Å². The number of fused-ring (bicyclic) bond motifs is 1. The SMILES string of the molecule is C[C@H](CO)N1C[C@H](C)[C@@H](CN(C)Cc2ccccc2)Oc2ccc(NS(=O)(=O)c3cccs3)cc2CC1=O. The van der Waals surface area contributed by atoms with Gasteiger partial charge < -0.3 is 14.7 Å². The molecule has 1 amide bonds. The largest absolute Gasteiger partial charge is 0.488 e. The first-order valence-corrected chi connectivity index (χ1v) is 15.0. The van der Waals surface area contributed by atoms with Crippen LogP contribution in [0.15, 0.2) is 70.3 Å². The van der Waals surface area contributed by atoms with Crippen LogP contribution < -0.4 is 9.46 Å². The van der Waals surface area contributed by atoms with Crippen LogP contribution in [0.4, 0.5) is 5.69 Å². The Kier molecular flexibility index (Phi) is 9.09. The third-order valence-electron chi connectivity index (χ3n) is 6.72. The first-order chi connectivity index (χ1) is 18.2. The number of amides is 1. The number of nitrogens with one attached hydrogen (secondary N) is 1. The zero-order valence-corrected chi connectivity index (χ0v) is 23.5. The van der Waals surface area contributed by atoms with Crippen molar-refractivity contribution in [3.63, 3.8) is 0 Å². The van der Waals surface area contributed by atoms with Gasteiger partial charge in [-0.05, 0) is 49.2 Å². The summed E-state index contributed by atoms with van der Waals surface area (Å²) in [5.41, 5.74) is 2.15. The summed E-state index contributed by atoms with van der Waals surface area (Å²) in [7, 11) is -1.69. The van der Waals surface area contributed by atoms with Crippen LogP contribution in [0.1, 0.15) is 25.0 Å². The monoisotopic (exact) mass is 557 g/mol. The minimum absolute atomic E-state index is 0.0193. The van der Waals surface area contributed by atoms with Crippen molar-refractivity contribution in [1.29, 1.82) is 0 Å². The lowest BCUT2D eigenvalue weighted by atomic mass is 10.0. The number of ether oxygens (including phenoxy) is 1. The summed E-state index contributed by atoms with van der Waals surface area (Å²) in [4.78, 5) is 17.3. The molecule has 1 aliphatic rings. The van der Waals surface area contributed by atoms with Crippen molar-refractivity contribution in [2.45, 2.75) is 43.2 Å². The summed E-state index contributed by atoms with van der Waals surface area (Å²) in [5, 5.41) is 11.6. The van der Waals surface area contributed by atoms with Gasteiger partial charge in [0.15, 0.2) is 0 Å². The molecule has 0 radical (unpaired) electrons. The average molecular weight is 558 g/mol. The van der Waals surface area contributed by atoms with Gasteiger partial charge in [-0.25, -0.2) is 8.42 Å². The van der Waals surface area contributed by atoms with E-state index < -0.39 is 10.0 Å². The van der Waals surface area contributed by atoms with Crippen molar-refractivity contribution < 1.29 is 23.1 Å². The van der Waals surface area contributed by atoms with Crippen LogP contribution in [0.5, 0.6) is 5.75 Å². The Morgan fingerprint density at radius 3 is 2.63 bits per heavy atom. The number of benzene rings is 2. The zero-order valence-electron chi connectivity index (χ0n) is 21.9. The van der Waals surface area contributed by atoms with Gasteiger partial charge in [-0.2, -0.15) is 0 Å². The minimum Gasteiger partial charge on any atom is -0.488 e. The van der Waals surface area contributed by atoms with Gasteiger partial charge in [-0.1, -0.05) is 43.3 Å². The van der Waals surface area contributed by atoms with Crippen LogP contribution in [-0.2, 0) is 27.8 Å². The van der Waals surface area contributed by atoms with Crippen LogP contribution in [0.2, 0.25) is 0 Å². The minimum atomic E-state index is -3.73. The van der Waals surface area contributed by atoms with Crippen molar-refractivity contribution in [3.8, 4) is 5.75 Å². The van der Waals surface area contributed by atoms with E-state index in [4.69, 9.17) is 4.74 Å². The molecule has 0 saturated heterocycles. The predicted octanol–water partition coefficient (Wildman–Crippen LogP) is 3.83. The van der Waals surface area contributed by atoms with Crippen LogP contribution >= 0.6 is 11.3 Å². The highest BCUT2D eigenvalue weighted by Gasteiger charge is 2.31. The number of hydrogen-bond donors (Lipinski definition) is 2. The fourth-order valence-electron chi connectivity index (χ4n) is 4.60. The Morgan fingerprint density at radius 2 is 1.95 bits per heavy atom. The van der Waals surface area contributed by atoms with E-state index in [1.807, 2.05) is 32.2 Å². The maximum absolute atomic E-state index is 13.4. The van der Waals surface area contributed by atoms with Crippen LogP contribution in [-0.4, -0.2) is 68.1 Å². The molecule has 2 aromatic carbocycles. The van der Waals surface area contributed by atoms with E-state index in [2.05, 4.69) is 28.7 Å². The van der Waals surface area contributed by atoms with Gasteiger partial charge in [0.2, 0.25) is 5.91 Å². The van der Waals surface area contributed by atoms with E-state index in [9.17, 15) is 18.3 Å². The number of aliphatic hydroxyl groups is 1. The van der Waals surface area contributed by atoms with Crippen molar-refractivity contribution in [1.82, 2.24) is 9.80 Å². The molecule has 2 heterocycles. The molecule has 0 unspecified atom stereocenters. The normalized spacial score (nSPS) is 19.2. The Bertz CT molecular complexity index is 1320. The lowest BCUT2D eigenvalue weighted by Gasteiger charge is -2.34. The zero-order chi connectivity index (χ0) is 27.3. The molecule has 0 aliphatic carbocycles. The van der Waals surface area contributed by atoms with Crippen molar-refractivity contribution in [2.75, 3.05) is 31.5 Å². The van der Waals surface area contributed by atoms with Gasteiger partial charge in [0, 0.05) is 36.8 Å². The number of thiophene rings is 1. The quantitative estimate of drug-likeness (QED) is 0.415. The number of likely N-dealkylation sites (N-methyl/N-ethyl adjacent to an activating group) is 1. The second kappa shape index (κ2) is 12.3. The van der Waals surface area contributed by atoms with E-state index in [-0.39, 0.29) is 41.2 Å². The summed E-state index contributed by atoms with van der Waals surface area (Å²) in [6, 6.07) is 18.1. The van der Waals surface area contributed by atoms with E-state index in [1.54, 1.807) is 40.6 Å². The Balaban J connectivity index is 1.63. The second-order valence-corrected chi connectivity index (χ2v) is 12.8. The number of aliphatic hydroxyl groups excluding tert-OH is 1. The van der Waals surface area contributed by atoms with Crippen molar-refractivity contribution in [3.05, 3.63) is 77.2 Å². The summed E-state index contributed by atoms with van der Waals surface area (Å²) in [6.07, 6.45) is -0.205. The lowest BCUT2D eigenvalue weighted by molar-refractivity contribution is -0.134. The van der Waals surface area contributed by atoms with Gasteiger partial charge >= 0.3 is 0 Å². The highest BCUT2D eigenvalue weighted by molar-refractivity contribution is 7.94. The third kappa shape index (κ3) is 6.93. The van der Waals surface area contributed by atoms with Crippen LogP contribution in [0, 0.1) is 5.92 Å². The number of hydrogen-bond acceptors (Lipinski definition) is 7. The Hall–Kier alpha value is -2.92. The summed E-state index contributed by atoms with van der Waals surface area (Å²) >= 11 is 1.14. The molecule has 1 aliphatic heterocycles. The topological polar surface area (TPSA) is 99.2 Å². The Labute approximate surface area is 228 Å². The molecular weight excluding hydrogens is 522 g/mol. The van der Waals surface area contributed by atoms with Crippen LogP contribution in [0.25, 0.3) is 0 Å². The number of carbonyl (C=O) groups excluding carboxylic acids is 1. The number of rotatable bonds is 9. The summed E-state index contributed by atoms with van der Waals surface area (Å²) in [5.74, 6) is 0.398. The van der Waals surface area contributed by atoms with Gasteiger partial charge in [0.25, 0.3) is 10.0 Å². The van der Waals surface area contributed by atoms with E-state index in [0.717, 1.165) is 17.9 Å². The number of anilines is 1. The van der Waals surface area contributed by atoms with Crippen molar-refractivity contribution >= 4 is 33.0 Å². The fourth-order valence-corrected chi connectivity index (χ4v) is 6.64. The van der Waals surface area contributed by atoms with Gasteiger partial charge in [-0.15, -0.1) is 11.3 Å². The summed E-state index contributed by atoms with van der Waals surface area (Å²) < 4.78 is 34.9. The Morgan fingerprint density at radius 1 is 1.18 bits per heavy atom. The highest BCUT2D eigenvalue weighted by atomic mass is 32.2. The molecule has 38 heavy (non-hydrogen) atoms. The molecule has 0 fully saturated rings. The molecule has 3 aromatic rings. The maximum Gasteiger partial charge on any atom is 0.271 e. The average Bonchev–Trinajstić information content (AvgIpc) is 3.44. The van der Waals surface area contributed by atoms with E-state index in [0.29, 0.717) is 30.1 Å². The molecule has 8 nitrogen and oxygen atoms in total. The molecule has 1 aromatic heterocycles. The highest BCUT2D eigenvalue weighted by Crippen LogP contribution is 2.30. The predicted molar refractivity (Wildman–Crippen MR) is 150 cm³/mol. The van der Waals surface area contributed by atoms with Gasteiger partial charge in [-0.3, -0.25) is 14.4 Å². The second-order valence-electron chi connectivity index (χ2n) is 9.93. The third-order valence-corrected chi connectivity index (χ3v) is 9.49. The first kappa shape index (κ1) is 28.1. The molecule has 2 N–H and O–H groups in total. The number of sulfonamides is 1. The fraction of sp³-hybridized carbons (Fsp3) is 0.393. The molecular formula is C28H35N3O5S2. The lowest BCUT2D eigenvalue weighted by Crippen LogP contribution is -2.47. The number of carbonyl (C=O) groups is 1. The van der Waals surface area contributed by atoms with Crippen LogP contribution in [0.3, 0.4) is 0 Å². The molecule has 0 spiro atoms. The first-order valence-electron chi connectivity index (χ1n) is 12.6. The molecule has 4 rings (SSSR count). The van der Waals surface area contributed by atoms with E-state index >= 15 is 0 Å². The molecule has 0 saturated carbocycles. The maximum atomic E-state index is 13.4. The summed E-state index contributed by atoms with van der Waals surface area (Å²) in [6.45, 7) is 5.55. The molecule has 10 heteroatoms.